The van der Waals surface area contributed by atoms with Gasteiger partial charge in [-0.05, 0) is 49.6 Å². The molecular weight excluding hydrogens is 318 g/mol. The van der Waals surface area contributed by atoms with Crippen molar-refractivity contribution in [2.45, 2.75) is 12.6 Å². The highest BCUT2D eigenvalue weighted by molar-refractivity contribution is 7.80. The fourth-order valence-electron chi connectivity index (χ4n) is 2.48. The van der Waals surface area contributed by atoms with E-state index in [9.17, 15) is 0 Å². The van der Waals surface area contributed by atoms with Crippen LogP contribution >= 0.6 is 12.2 Å². The van der Waals surface area contributed by atoms with E-state index < -0.39 is 0 Å². The molecule has 2 aromatic rings. The quantitative estimate of drug-likeness (QED) is 0.756. The van der Waals surface area contributed by atoms with Crippen molar-refractivity contribution in [2.75, 3.05) is 27.7 Å². The van der Waals surface area contributed by atoms with Crippen molar-refractivity contribution >= 4 is 17.3 Å². The van der Waals surface area contributed by atoms with E-state index in [0.717, 1.165) is 18.8 Å². The lowest BCUT2D eigenvalue weighted by molar-refractivity contribution is 0.297. The summed E-state index contributed by atoms with van der Waals surface area (Å²) in [4.78, 5) is 2.17. The molecule has 0 aliphatic rings. The summed E-state index contributed by atoms with van der Waals surface area (Å²) in [5.41, 5.74) is 2.40. The second kappa shape index (κ2) is 9.25. The van der Waals surface area contributed by atoms with Crippen molar-refractivity contribution in [3.05, 3.63) is 65.7 Å². The van der Waals surface area contributed by atoms with Crippen LogP contribution in [0.2, 0.25) is 0 Å². The number of rotatable bonds is 7. The van der Waals surface area contributed by atoms with Crippen LogP contribution in [0.5, 0.6) is 5.75 Å². The molecule has 128 valence electrons. The molecule has 1 atom stereocenters. The summed E-state index contributed by atoms with van der Waals surface area (Å²) < 4.78 is 5.32. The van der Waals surface area contributed by atoms with Crippen molar-refractivity contribution in [3.63, 3.8) is 0 Å². The number of nitrogens with one attached hydrogen (secondary N) is 2. The van der Waals surface area contributed by atoms with Crippen molar-refractivity contribution in [1.82, 2.24) is 15.5 Å². The van der Waals surface area contributed by atoms with Crippen LogP contribution in [0.25, 0.3) is 0 Å². The predicted octanol–water partition coefficient (Wildman–Crippen LogP) is 2.96. The first kappa shape index (κ1) is 18.2. The van der Waals surface area contributed by atoms with Crippen molar-refractivity contribution in [1.29, 1.82) is 0 Å². The molecule has 0 fully saturated rings. The molecule has 0 radical (unpaired) electrons. The molecule has 2 N–H and O–H groups in total. The Morgan fingerprint density at radius 3 is 2.50 bits per heavy atom. The maximum Gasteiger partial charge on any atom is 0.166 e. The van der Waals surface area contributed by atoms with E-state index in [1.54, 1.807) is 7.11 Å². The third-order valence-corrected chi connectivity index (χ3v) is 4.14. The second-order valence-corrected chi connectivity index (χ2v) is 6.21. The molecule has 0 aliphatic carbocycles. The highest BCUT2D eigenvalue weighted by atomic mass is 32.1. The van der Waals surface area contributed by atoms with Gasteiger partial charge in [0.1, 0.15) is 5.75 Å². The molecule has 0 saturated heterocycles. The van der Waals surface area contributed by atoms with Crippen LogP contribution in [0.3, 0.4) is 0 Å². The van der Waals surface area contributed by atoms with Gasteiger partial charge in [0.05, 0.1) is 13.2 Å². The first-order valence-electron chi connectivity index (χ1n) is 7.96. The van der Waals surface area contributed by atoms with Gasteiger partial charge in [0.25, 0.3) is 0 Å². The van der Waals surface area contributed by atoms with Gasteiger partial charge in [-0.3, -0.25) is 0 Å². The Labute approximate surface area is 149 Å². The maximum absolute atomic E-state index is 5.39. The van der Waals surface area contributed by atoms with Crippen LogP contribution in [-0.2, 0) is 6.54 Å². The summed E-state index contributed by atoms with van der Waals surface area (Å²) in [6.07, 6.45) is 0. The smallest absolute Gasteiger partial charge is 0.166 e. The Bertz CT molecular complexity index is 646. The summed E-state index contributed by atoms with van der Waals surface area (Å²) in [5, 5.41) is 7.21. The summed E-state index contributed by atoms with van der Waals surface area (Å²) >= 11 is 5.39. The summed E-state index contributed by atoms with van der Waals surface area (Å²) in [5.74, 6) is 0.865. The molecular formula is C19H25N3OS. The van der Waals surface area contributed by atoms with E-state index in [2.05, 4.69) is 53.9 Å². The lowest BCUT2D eigenvalue weighted by atomic mass is 10.1. The van der Waals surface area contributed by atoms with Gasteiger partial charge in [0.15, 0.2) is 5.11 Å². The van der Waals surface area contributed by atoms with Gasteiger partial charge in [-0.2, -0.15) is 0 Å². The zero-order valence-corrected chi connectivity index (χ0v) is 15.3. The Morgan fingerprint density at radius 2 is 1.83 bits per heavy atom. The minimum Gasteiger partial charge on any atom is -0.497 e. The largest absolute Gasteiger partial charge is 0.497 e. The third kappa shape index (κ3) is 5.51. The first-order valence-corrected chi connectivity index (χ1v) is 8.37. The average molecular weight is 343 g/mol. The minimum atomic E-state index is 0.205. The Morgan fingerprint density at radius 1 is 1.08 bits per heavy atom. The molecule has 2 rings (SSSR count). The van der Waals surface area contributed by atoms with E-state index in [-0.39, 0.29) is 6.04 Å². The van der Waals surface area contributed by atoms with Crippen LogP contribution in [0.4, 0.5) is 0 Å². The SMILES string of the molecule is COc1cccc([C@@H](CNC(=S)NCc2ccccc2)N(C)C)c1. The number of likely N-dealkylation sites (N-methyl/N-ethyl adjacent to an activating group) is 1. The normalized spacial score (nSPS) is 11.8. The average Bonchev–Trinajstić information content (AvgIpc) is 2.61. The third-order valence-electron chi connectivity index (χ3n) is 3.85. The molecule has 0 amide bonds. The van der Waals surface area contributed by atoms with Crippen LogP contribution in [-0.4, -0.2) is 37.8 Å². The molecule has 0 heterocycles. The number of hydrogen-bond acceptors (Lipinski definition) is 3. The summed E-state index contributed by atoms with van der Waals surface area (Å²) in [6.45, 7) is 1.44. The van der Waals surface area contributed by atoms with Gasteiger partial charge in [-0.25, -0.2) is 0 Å². The fourth-order valence-corrected chi connectivity index (χ4v) is 2.63. The highest BCUT2D eigenvalue weighted by Crippen LogP contribution is 2.22. The zero-order valence-electron chi connectivity index (χ0n) is 14.5. The van der Waals surface area contributed by atoms with Gasteiger partial charge < -0.3 is 20.3 Å². The molecule has 0 aliphatic heterocycles. The fraction of sp³-hybridized carbons (Fsp3) is 0.316. The van der Waals surface area contributed by atoms with Crippen LogP contribution in [0.1, 0.15) is 17.2 Å². The van der Waals surface area contributed by atoms with Crippen LogP contribution in [0.15, 0.2) is 54.6 Å². The number of thiocarbonyl (C=S) groups is 1. The molecule has 24 heavy (non-hydrogen) atoms. The molecule has 0 unspecified atom stereocenters. The number of methoxy groups -OCH3 is 1. The van der Waals surface area contributed by atoms with Crippen LogP contribution in [0, 0.1) is 0 Å². The second-order valence-electron chi connectivity index (χ2n) is 5.81. The molecule has 0 bridgehead atoms. The van der Waals surface area contributed by atoms with E-state index in [1.807, 2.05) is 30.3 Å². The molecule has 0 aromatic heterocycles. The van der Waals surface area contributed by atoms with Gasteiger partial charge in [0.2, 0.25) is 0 Å². The van der Waals surface area contributed by atoms with Crippen molar-refractivity contribution < 1.29 is 4.74 Å². The maximum atomic E-state index is 5.39. The summed E-state index contributed by atoms with van der Waals surface area (Å²) in [7, 11) is 5.81. The molecule has 5 heteroatoms. The topological polar surface area (TPSA) is 36.5 Å². The monoisotopic (exact) mass is 343 g/mol. The van der Waals surface area contributed by atoms with Crippen molar-refractivity contribution in [2.24, 2.45) is 0 Å². The van der Waals surface area contributed by atoms with Gasteiger partial charge >= 0.3 is 0 Å². The Kier molecular flexibility index (Phi) is 7.03. The minimum absolute atomic E-state index is 0.205. The summed E-state index contributed by atoms with van der Waals surface area (Å²) in [6, 6.07) is 18.6. The highest BCUT2D eigenvalue weighted by Gasteiger charge is 2.15. The lowest BCUT2D eigenvalue weighted by Crippen LogP contribution is -2.40. The Hall–Kier alpha value is -2.11. The number of nitrogens with zero attached hydrogens (tertiary/aromatic N) is 1. The number of ether oxygens (including phenoxy) is 1. The van der Waals surface area contributed by atoms with E-state index in [4.69, 9.17) is 17.0 Å². The van der Waals surface area contributed by atoms with Gasteiger partial charge in [0, 0.05) is 13.1 Å². The predicted molar refractivity (Wildman–Crippen MR) is 103 cm³/mol. The van der Waals surface area contributed by atoms with Gasteiger partial charge in [-0.15, -0.1) is 0 Å². The Balaban J connectivity index is 1.90. The van der Waals surface area contributed by atoms with Crippen molar-refractivity contribution in [3.8, 4) is 5.75 Å². The lowest BCUT2D eigenvalue weighted by Gasteiger charge is -2.26. The first-order chi connectivity index (χ1) is 11.6. The van der Waals surface area contributed by atoms with Crippen LogP contribution < -0.4 is 15.4 Å². The number of hydrogen-bond donors (Lipinski definition) is 2. The van der Waals surface area contributed by atoms with E-state index in [0.29, 0.717) is 5.11 Å². The molecule has 4 nitrogen and oxygen atoms in total. The standard InChI is InChI=1S/C19H25N3OS/c1-22(2)18(16-10-7-11-17(12-16)23-3)14-21-19(24)20-13-15-8-5-4-6-9-15/h4-12,18H,13-14H2,1-3H3,(H2,20,21,24)/t18-/m1/s1. The van der Waals surface area contributed by atoms with Gasteiger partial charge in [-0.1, -0.05) is 42.5 Å². The van der Waals surface area contributed by atoms with E-state index >= 15 is 0 Å². The molecule has 2 aromatic carbocycles. The zero-order chi connectivity index (χ0) is 17.4. The molecule has 0 spiro atoms. The number of benzene rings is 2. The van der Waals surface area contributed by atoms with E-state index in [1.165, 1.54) is 11.1 Å². The molecule has 0 saturated carbocycles.